The van der Waals surface area contributed by atoms with Crippen molar-refractivity contribution in [1.29, 1.82) is 0 Å². The van der Waals surface area contributed by atoms with Gasteiger partial charge in [0.25, 0.3) is 11.1 Å². The number of thiazole rings is 1. The van der Waals surface area contributed by atoms with Gasteiger partial charge >= 0.3 is 0 Å². The molecule has 0 bridgehead atoms. The molecule has 0 aliphatic carbocycles. The summed E-state index contributed by atoms with van der Waals surface area (Å²) in [5.41, 5.74) is 0.249. The van der Waals surface area contributed by atoms with Gasteiger partial charge in [0.15, 0.2) is 11.5 Å². The monoisotopic (exact) mass is 387 g/mol. The van der Waals surface area contributed by atoms with E-state index in [4.69, 9.17) is 9.47 Å². The van der Waals surface area contributed by atoms with E-state index >= 15 is 0 Å². The maximum absolute atomic E-state index is 12.5. The Labute approximate surface area is 159 Å². The van der Waals surface area contributed by atoms with E-state index < -0.39 is 5.56 Å². The highest BCUT2D eigenvalue weighted by Gasteiger charge is 2.10. The molecule has 0 aliphatic rings. The van der Waals surface area contributed by atoms with E-state index in [9.17, 15) is 9.59 Å². The molecule has 0 N–H and O–H groups in total. The summed E-state index contributed by atoms with van der Waals surface area (Å²) in [6, 6.07) is 5.49. The Kier molecular flexibility index (Phi) is 5.55. The van der Waals surface area contributed by atoms with Gasteiger partial charge in [-0.1, -0.05) is 31.3 Å². The third-order valence-corrected chi connectivity index (χ3v) is 4.94. The number of nitrogens with zero attached hydrogens (tertiary/aromatic N) is 3. The molecule has 0 saturated carbocycles. The lowest BCUT2D eigenvalue weighted by Gasteiger charge is -2.12. The van der Waals surface area contributed by atoms with Crippen LogP contribution >= 0.6 is 11.3 Å². The van der Waals surface area contributed by atoms with E-state index in [0.717, 1.165) is 27.8 Å². The molecule has 1 aromatic carbocycles. The Morgan fingerprint density at radius 2 is 2.04 bits per heavy atom. The standard InChI is InChI=1S/C19H21N3O4S/c1-11(2)7-8-26-14-6-5-13(9-15(14)25-4)10-16-18(24)22-19(27-16)20-17(23)12(3)21-22/h5-6,9-11H,7-8H2,1-4H3/b16-10-. The van der Waals surface area contributed by atoms with Crippen molar-refractivity contribution in [2.45, 2.75) is 27.2 Å². The molecule has 8 heteroatoms. The van der Waals surface area contributed by atoms with Gasteiger partial charge in [0, 0.05) is 0 Å². The highest BCUT2D eigenvalue weighted by Crippen LogP contribution is 2.28. The van der Waals surface area contributed by atoms with Gasteiger partial charge in [-0.25, -0.2) is 0 Å². The summed E-state index contributed by atoms with van der Waals surface area (Å²) in [7, 11) is 1.58. The molecule has 0 unspecified atom stereocenters. The second kappa shape index (κ2) is 7.87. The summed E-state index contributed by atoms with van der Waals surface area (Å²) in [5.74, 6) is 1.83. The minimum Gasteiger partial charge on any atom is -0.493 e. The molecule has 0 spiro atoms. The first-order valence-corrected chi connectivity index (χ1v) is 9.43. The maximum atomic E-state index is 12.5. The summed E-state index contributed by atoms with van der Waals surface area (Å²) in [5, 5.41) is 4.01. The summed E-state index contributed by atoms with van der Waals surface area (Å²) in [6.45, 7) is 6.43. The van der Waals surface area contributed by atoms with Gasteiger partial charge in [0.05, 0.1) is 18.2 Å². The number of methoxy groups -OCH3 is 1. The Hall–Kier alpha value is -2.74. The molecule has 0 amide bonds. The number of hydrogen-bond acceptors (Lipinski definition) is 7. The fourth-order valence-corrected chi connectivity index (χ4v) is 3.34. The lowest BCUT2D eigenvalue weighted by molar-refractivity contribution is 0.273. The molecule has 0 saturated heterocycles. The van der Waals surface area contributed by atoms with Crippen molar-refractivity contribution in [3.8, 4) is 11.5 Å². The van der Waals surface area contributed by atoms with Crippen LogP contribution in [-0.4, -0.2) is 28.3 Å². The number of aromatic nitrogens is 3. The average Bonchev–Trinajstić information content (AvgIpc) is 2.91. The van der Waals surface area contributed by atoms with Crippen molar-refractivity contribution in [1.82, 2.24) is 14.6 Å². The van der Waals surface area contributed by atoms with Gasteiger partial charge in [0.2, 0.25) is 4.96 Å². The van der Waals surface area contributed by atoms with Crippen LogP contribution < -0.4 is 25.1 Å². The molecular weight excluding hydrogens is 366 g/mol. The van der Waals surface area contributed by atoms with E-state index in [2.05, 4.69) is 23.9 Å². The van der Waals surface area contributed by atoms with Gasteiger partial charge in [-0.05, 0) is 43.0 Å². The number of ether oxygens (including phenoxy) is 2. The molecule has 7 nitrogen and oxygen atoms in total. The Morgan fingerprint density at radius 1 is 1.26 bits per heavy atom. The zero-order chi connectivity index (χ0) is 19.6. The Morgan fingerprint density at radius 3 is 2.74 bits per heavy atom. The van der Waals surface area contributed by atoms with Gasteiger partial charge in [-0.2, -0.15) is 14.6 Å². The van der Waals surface area contributed by atoms with Crippen LogP contribution in [0.3, 0.4) is 0 Å². The summed E-state index contributed by atoms with van der Waals surface area (Å²) < 4.78 is 12.8. The van der Waals surface area contributed by atoms with Crippen molar-refractivity contribution in [3.63, 3.8) is 0 Å². The molecule has 3 rings (SSSR count). The van der Waals surface area contributed by atoms with Crippen LogP contribution in [0.4, 0.5) is 0 Å². The molecular formula is C19H21N3O4S. The zero-order valence-corrected chi connectivity index (χ0v) is 16.5. The Balaban J connectivity index is 1.97. The molecule has 3 aromatic rings. The number of rotatable bonds is 6. The van der Waals surface area contributed by atoms with Crippen molar-refractivity contribution in [2.24, 2.45) is 5.92 Å². The lowest BCUT2D eigenvalue weighted by atomic mass is 10.1. The van der Waals surface area contributed by atoms with Crippen molar-refractivity contribution < 1.29 is 9.47 Å². The molecule has 27 heavy (non-hydrogen) atoms. The number of aryl methyl sites for hydroxylation is 1. The smallest absolute Gasteiger partial charge is 0.295 e. The maximum Gasteiger partial charge on any atom is 0.295 e. The number of hydrogen-bond donors (Lipinski definition) is 0. The van der Waals surface area contributed by atoms with E-state index in [0.29, 0.717) is 28.6 Å². The van der Waals surface area contributed by atoms with E-state index in [1.165, 1.54) is 6.92 Å². The molecule has 142 valence electrons. The zero-order valence-electron chi connectivity index (χ0n) is 15.7. The second-order valence-corrected chi connectivity index (χ2v) is 7.56. The molecule has 0 fully saturated rings. The lowest BCUT2D eigenvalue weighted by Crippen LogP contribution is -2.27. The quantitative estimate of drug-likeness (QED) is 0.641. The molecule has 2 aromatic heterocycles. The fraction of sp³-hybridized carbons (Fsp3) is 0.368. The van der Waals surface area contributed by atoms with Gasteiger partial charge in [-0.15, -0.1) is 0 Å². The van der Waals surface area contributed by atoms with Crippen LogP contribution in [0.15, 0.2) is 27.8 Å². The van der Waals surface area contributed by atoms with Crippen molar-refractivity contribution in [2.75, 3.05) is 13.7 Å². The highest BCUT2D eigenvalue weighted by molar-refractivity contribution is 7.15. The van der Waals surface area contributed by atoms with Crippen LogP contribution in [0.25, 0.3) is 11.0 Å². The highest BCUT2D eigenvalue weighted by atomic mass is 32.1. The Bertz CT molecular complexity index is 1130. The van der Waals surface area contributed by atoms with Crippen LogP contribution in [0.5, 0.6) is 11.5 Å². The van der Waals surface area contributed by atoms with E-state index in [1.54, 1.807) is 13.2 Å². The second-order valence-electron chi connectivity index (χ2n) is 6.55. The average molecular weight is 387 g/mol. The summed E-state index contributed by atoms with van der Waals surface area (Å²) >= 11 is 1.13. The van der Waals surface area contributed by atoms with Gasteiger partial charge in [0.1, 0.15) is 5.69 Å². The molecule has 0 atom stereocenters. The summed E-state index contributed by atoms with van der Waals surface area (Å²) in [6.07, 6.45) is 2.68. The molecule has 0 radical (unpaired) electrons. The SMILES string of the molecule is COc1cc(/C=c2\sc3nc(=O)c(C)nn3c2=O)ccc1OCCC(C)C. The first kappa shape index (κ1) is 19.0. The third kappa shape index (κ3) is 4.16. The number of fused-ring (bicyclic) bond motifs is 1. The van der Waals surface area contributed by atoms with Crippen molar-refractivity contribution in [3.05, 3.63) is 54.7 Å². The normalized spacial score (nSPS) is 12.1. The first-order chi connectivity index (χ1) is 12.9. The topological polar surface area (TPSA) is 82.8 Å². The van der Waals surface area contributed by atoms with Gasteiger partial charge < -0.3 is 9.47 Å². The minimum atomic E-state index is -0.424. The third-order valence-electron chi connectivity index (χ3n) is 3.98. The predicted molar refractivity (Wildman–Crippen MR) is 105 cm³/mol. The van der Waals surface area contributed by atoms with Crippen LogP contribution in [-0.2, 0) is 0 Å². The summed E-state index contributed by atoms with van der Waals surface area (Å²) in [4.78, 5) is 28.3. The largest absolute Gasteiger partial charge is 0.493 e. The van der Waals surface area contributed by atoms with Crippen molar-refractivity contribution >= 4 is 22.4 Å². The number of benzene rings is 1. The van der Waals surface area contributed by atoms with Crippen LogP contribution in [0, 0.1) is 12.8 Å². The van der Waals surface area contributed by atoms with Gasteiger partial charge in [-0.3, -0.25) is 9.59 Å². The van der Waals surface area contributed by atoms with E-state index in [-0.39, 0.29) is 16.2 Å². The van der Waals surface area contributed by atoms with Crippen LogP contribution in [0.2, 0.25) is 0 Å². The first-order valence-electron chi connectivity index (χ1n) is 8.62. The predicted octanol–water partition coefficient (Wildman–Crippen LogP) is 1.80. The fourth-order valence-electron chi connectivity index (χ4n) is 2.44. The molecule has 2 heterocycles. The van der Waals surface area contributed by atoms with Crippen LogP contribution in [0.1, 0.15) is 31.5 Å². The molecule has 0 aliphatic heterocycles. The minimum absolute atomic E-state index is 0.193. The van der Waals surface area contributed by atoms with E-state index in [1.807, 2.05) is 18.2 Å².